The third-order valence-corrected chi connectivity index (χ3v) is 6.02. The minimum absolute atomic E-state index is 0.0826. The maximum absolute atomic E-state index is 12.0. The normalized spacial score (nSPS) is 20.6. The first-order chi connectivity index (χ1) is 13.7. The molecule has 0 spiro atoms. The van der Waals surface area contributed by atoms with Crippen LogP contribution in [0.2, 0.25) is 0 Å². The average Bonchev–Trinajstić information content (AvgIpc) is 2.73. The number of amides is 1. The predicted molar refractivity (Wildman–Crippen MR) is 116 cm³/mol. The fourth-order valence-corrected chi connectivity index (χ4v) is 4.36. The lowest BCUT2D eigenvalue weighted by Gasteiger charge is -2.31. The van der Waals surface area contributed by atoms with Crippen molar-refractivity contribution in [3.8, 4) is 0 Å². The Morgan fingerprint density at radius 3 is 2.79 bits per heavy atom. The minimum Gasteiger partial charge on any atom is -0.356 e. The topological polar surface area (TPSA) is 68.8 Å². The number of fused-ring (bicyclic) bond motifs is 1. The first-order valence-electron chi connectivity index (χ1n) is 10.7. The third-order valence-electron chi connectivity index (χ3n) is 6.02. The summed E-state index contributed by atoms with van der Waals surface area (Å²) in [6.45, 7) is 2.72. The van der Waals surface area contributed by atoms with Crippen molar-refractivity contribution in [2.75, 3.05) is 39.0 Å². The molecule has 1 unspecified atom stereocenters. The summed E-state index contributed by atoms with van der Waals surface area (Å²) in [4.78, 5) is 18.8. The van der Waals surface area contributed by atoms with Crippen LogP contribution in [0.15, 0.2) is 29.3 Å². The lowest BCUT2D eigenvalue weighted by Crippen LogP contribution is -2.42. The van der Waals surface area contributed by atoms with E-state index in [0.29, 0.717) is 13.0 Å². The van der Waals surface area contributed by atoms with E-state index in [1.807, 2.05) is 18.2 Å². The molecule has 1 aliphatic carbocycles. The molecule has 154 valence electrons. The van der Waals surface area contributed by atoms with Crippen LogP contribution in [0.1, 0.15) is 56.4 Å². The molecular weight excluding hydrogens is 350 g/mol. The van der Waals surface area contributed by atoms with Gasteiger partial charge in [0.2, 0.25) is 5.91 Å². The number of anilines is 1. The molecule has 1 amide bonds. The van der Waals surface area contributed by atoms with E-state index in [9.17, 15) is 4.79 Å². The van der Waals surface area contributed by atoms with Crippen molar-refractivity contribution in [2.45, 2.75) is 56.9 Å². The number of aliphatic imine (C=N–C) groups is 1. The number of hydrogen-bond acceptors (Lipinski definition) is 3. The van der Waals surface area contributed by atoms with Gasteiger partial charge in [-0.25, -0.2) is 0 Å². The number of rotatable bonds is 7. The molecule has 0 bridgehead atoms. The van der Waals surface area contributed by atoms with Crippen LogP contribution >= 0.6 is 0 Å². The Bertz CT molecular complexity index is 669. The molecule has 1 aromatic carbocycles. The molecule has 1 saturated carbocycles. The molecule has 0 aromatic heterocycles. The van der Waals surface area contributed by atoms with E-state index >= 15 is 0 Å². The van der Waals surface area contributed by atoms with Gasteiger partial charge in [-0.15, -0.1) is 0 Å². The van der Waals surface area contributed by atoms with E-state index < -0.39 is 0 Å². The van der Waals surface area contributed by atoms with E-state index in [-0.39, 0.29) is 11.8 Å². The lowest BCUT2D eigenvalue weighted by atomic mass is 9.90. The number of carbonyl (C=O) groups excluding carboxylic acids is 1. The Morgan fingerprint density at radius 2 is 2.00 bits per heavy atom. The molecular formula is C22H35N5O. The number of benzene rings is 1. The quantitative estimate of drug-likeness (QED) is 0.383. The maximum atomic E-state index is 12.0. The molecule has 1 aromatic rings. The predicted octanol–water partition coefficient (Wildman–Crippen LogP) is 2.93. The highest BCUT2D eigenvalue weighted by atomic mass is 16.1. The molecule has 0 saturated heterocycles. The Kier molecular flexibility index (Phi) is 7.71. The lowest BCUT2D eigenvalue weighted by molar-refractivity contribution is -0.116. The van der Waals surface area contributed by atoms with Crippen molar-refractivity contribution < 1.29 is 4.79 Å². The first-order valence-corrected chi connectivity index (χ1v) is 10.7. The molecule has 0 radical (unpaired) electrons. The Hall–Kier alpha value is -2.08. The largest absolute Gasteiger partial charge is 0.356 e. The van der Waals surface area contributed by atoms with Gasteiger partial charge in [-0.1, -0.05) is 37.5 Å². The van der Waals surface area contributed by atoms with Gasteiger partial charge in [-0.2, -0.15) is 0 Å². The molecule has 28 heavy (non-hydrogen) atoms. The van der Waals surface area contributed by atoms with Crippen LogP contribution in [-0.2, 0) is 4.79 Å². The van der Waals surface area contributed by atoms with Gasteiger partial charge >= 0.3 is 0 Å². The Balaban J connectivity index is 1.40. The highest BCUT2D eigenvalue weighted by molar-refractivity contribution is 5.94. The van der Waals surface area contributed by atoms with Gasteiger partial charge in [0, 0.05) is 44.2 Å². The summed E-state index contributed by atoms with van der Waals surface area (Å²) in [5, 5.41) is 9.77. The number of guanidine groups is 1. The van der Waals surface area contributed by atoms with Crippen LogP contribution in [-0.4, -0.2) is 56.5 Å². The van der Waals surface area contributed by atoms with Crippen molar-refractivity contribution in [3.05, 3.63) is 29.8 Å². The molecule has 1 aliphatic heterocycles. The molecule has 1 heterocycles. The fourth-order valence-electron chi connectivity index (χ4n) is 4.36. The average molecular weight is 386 g/mol. The SMILES string of the molecule is CN=C(NCCCN(C)C1CCCCC1)NCC1CC(=O)Nc2ccccc21. The Labute approximate surface area is 169 Å². The second kappa shape index (κ2) is 10.5. The van der Waals surface area contributed by atoms with Crippen molar-refractivity contribution in [1.82, 2.24) is 15.5 Å². The Morgan fingerprint density at radius 1 is 1.21 bits per heavy atom. The van der Waals surface area contributed by atoms with Crippen LogP contribution in [0.25, 0.3) is 0 Å². The van der Waals surface area contributed by atoms with Gasteiger partial charge in [0.05, 0.1) is 0 Å². The van der Waals surface area contributed by atoms with Crippen LogP contribution in [0.4, 0.5) is 5.69 Å². The molecule has 1 fully saturated rings. The van der Waals surface area contributed by atoms with Gasteiger partial charge in [0.1, 0.15) is 0 Å². The van der Waals surface area contributed by atoms with E-state index in [0.717, 1.165) is 37.2 Å². The van der Waals surface area contributed by atoms with Crippen molar-refractivity contribution >= 4 is 17.6 Å². The van der Waals surface area contributed by atoms with Gasteiger partial charge in [0.25, 0.3) is 0 Å². The summed E-state index contributed by atoms with van der Waals surface area (Å²) in [5.74, 6) is 1.06. The second-order valence-corrected chi connectivity index (χ2v) is 8.04. The standard InChI is InChI=1S/C22H35N5O/c1-23-22(24-13-8-14-27(2)18-9-4-3-5-10-18)25-16-17-15-21(28)26-20-12-7-6-11-19(17)20/h6-7,11-12,17-18H,3-5,8-10,13-16H2,1-2H3,(H,26,28)(H2,23,24,25). The maximum Gasteiger partial charge on any atom is 0.225 e. The van der Waals surface area contributed by atoms with Crippen molar-refractivity contribution in [2.24, 2.45) is 4.99 Å². The molecule has 6 nitrogen and oxygen atoms in total. The van der Waals surface area contributed by atoms with E-state index in [4.69, 9.17) is 0 Å². The smallest absolute Gasteiger partial charge is 0.225 e. The highest BCUT2D eigenvalue weighted by Gasteiger charge is 2.24. The summed E-state index contributed by atoms with van der Waals surface area (Å²) >= 11 is 0. The van der Waals surface area contributed by atoms with Gasteiger partial charge in [0.15, 0.2) is 5.96 Å². The number of hydrogen-bond donors (Lipinski definition) is 3. The minimum atomic E-state index is 0.0826. The van der Waals surface area contributed by atoms with Crippen LogP contribution in [0.3, 0.4) is 0 Å². The van der Waals surface area contributed by atoms with Crippen molar-refractivity contribution in [3.63, 3.8) is 0 Å². The van der Waals surface area contributed by atoms with Crippen LogP contribution in [0.5, 0.6) is 0 Å². The molecule has 6 heteroatoms. The number of carbonyl (C=O) groups is 1. The van der Waals surface area contributed by atoms with Gasteiger partial charge in [-0.05, 0) is 44.5 Å². The van der Waals surface area contributed by atoms with Crippen LogP contribution < -0.4 is 16.0 Å². The van der Waals surface area contributed by atoms with E-state index in [1.165, 1.54) is 37.7 Å². The summed E-state index contributed by atoms with van der Waals surface area (Å²) in [5.41, 5.74) is 2.12. The number of nitrogens with zero attached hydrogens (tertiary/aromatic N) is 2. The fraction of sp³-hybridized carbons (Fsp3) is 0.636. The summed E-state index contributed by atoms with van der Waals surface area (Å²) in [7, 11) is 4.06. The van der Waals surface area contributed by atoms with Crippen molar-refractivity contribution in [1.29, 1.82) is 0 Å². The number of para-hydroxylation sites is 1. The van der Waals surface area contributed by atoms with Crippen LogP contribution in [0, 0.1) is 0 Å². The monoisotopic (exact) mass is 385 g/mol. The zero-order chi connectivity index (χ0) is 19.8. The van der Waals surface area contributed by atoms with E-state index in [2.05, 4.69) is 39.0 Å². The summed E-state index contributed by atoms with van der Waals surface area (Å²) in [6.07, 6.45) is 8.47. The molecule has 1 atom stereocenters. The molecule has 3 N–H and O–H groups in total. The first kappa shape index (κ1) is 20.6. The molecule has 2 aliphatic rings. The van der Waals surface area contributed by atoms with Gasteiger partial charge in [-0.3, -0.25) is 9.79 Å². The third kappa shape index (κ3) is 5.71. The number of nitrogens with one attached hydrogen (secondary N) is 3. The summed E-state index contributed by atoms with van der Waals surface area (Å²) in [6, 6.07) is 8.82. The molecule has 3 rings (SSSR count). The highest BCUT2D eigenvalue weighted by Crippen LogP contribution is 2.31. The second-order valence-electron chi connectivity index (χ2n) is 8.04. The zero-order valence-corrected chi connectivity index (χ0v) is 17.3. The zero-order valence-electron chi connectivity index (χ0n) is 17.3. The summed E-state index contributed by atoms with van der Waals surface area (Å²) < 4.78 is 0. The van der Waals surface area contributed by atoms with Gasteiger partial charge < -0.3 is 20.9 Å². The van der Waals surface area contributed by atoms with E-state index in [1.54, 1.807) is 7.05 Å².